The Hall–Kier alpha value is -1.15. The summed E-state index contributed by atoms with van der Waals surface area (Å²) in [4.78, 5) is 14.0. The minimum Gasteiger partial charge on any atom is -0.539 e. The van der Waals surface area contributed by atoms with Crippen molar-refractivity contribution >= 4 is 34.1 Å². The smallest absolute Gasteiger partial charge is 0.300 e. The van der Waals surface area contributed by atoms with E-state index in [0.29, 0.717) is 0 Å². The minimum atomic E-state index is -0.697. The molecule has 0 aromatic carbocycles. The molecule has 6 nitrogen and oxygen atoms in total. The number of aromatic nitrogens is 2. The largest absolute Gasteiger partial charge is 0.539 e. The van der Waals surface area contributed by atoms with Gasteiger partial charge in [-0.15, -0.1) is 0 Å². The fraction of sp³-hybridized carbons (Fsp3) is 0.636. The Bertz CT molecular complexity index is 464. The van der Waals surface area contributed by atoms with Crippen molar-refractivity contribution in [2.75, 3.05) is 18.8 Å². The van der Waals surface area contributed by atoms with E-state index < -0.39 is 5.95 Å². The Balaban J connectivity index is 1.88. The summed E-state index contributed by atoms with van der Waals surface area (Å²) in [7, 11) is 1.51. The van der Waals surface area contributed by atoms with Gasteiger partial charge in [-0.05, 0) is 19.3 Å². The van der Waals surface area contributed by atoms with E-state index in [4.69, 9.17) is 12.2 Å². The van der Waals surface area contributed by atoms with Crippen LogP contribution in [0.1, 0.15) is 29.8 Å². The lowest BCUT2D eigenvalue weighted by atomic mass is 10.1. The summed E-state index contributed by atoms with van der Waals surface area (Å²) in [6.45, 7) is 1.90. The van der Waals surface area contributed by atoms with Gasteiger partial charge in [0.15, 0.2) is 13.0 Å². The van der Waals surface area contributed by atoms with Crippen molar-refractivity contribution in [3.05, 3.63) is 5.69 Å². The number of hydrogen-bond acceptors (Lipinski definition) is 6. The van der Waals surface area contributed by atoms with E-state index in [2.05, 4.69) is 14.7 Å². The number of likely N-dealkylation sites (tertiary alicyclic amines) is 1. The van der Waals surface area contributed by atoms with Gasteiger partial charge in [0.25, 0.3) is 5.69 Å². The van der Waals surface area contributed by atoms with Crippen molar-refractivity contribution in [3.8, 4) is 5.95 Å². The second-order valence-electron chi connectivity index (χ2n) is 4.36. The van der Waals surface area contributed by atoms with E-state index in [9.17, 15) is 9.90 Å². The van der Waals surface area contributed by atoms with Gasteiger partial charge in [-0.1, -0.05) is 28.7 Å². The van der Waals surface area contributed by atoms with Crippen LogP contribution in [0, 0.1) is 0 Å². The number of rotatable bonds is 3. The van der Waals surface area contributed by atoms with Crippen LogP contribution in [0.15, 0.2) is 4.52 Å². The topological polar surface area (TPSA) is 73.3 Å². The molecule has 2 heterocycles. The highest BCUT2D eigenvalue weighted by molar-refractivity contribution is 8.23. The molecule has 19 heavy (non-hydrogen) atoms. The second kappa shape index (κ2) is 6.33. The molecule has 0 amide bonds. The molecule has 2 rings (SSSR count). The van der Waals surface area contributed by atoms with Crippen molar-refractivity contribution in [2.24, 2.45) is 7.05 Å². The first-order chi connectivity index (χ1) is 9.09. The van der Waals surface area contributed by atoms with Gasteiger partial charge in [0, 0.05) is 13.1 Å². The van der Waals surface area contributed by atoms with Crippen LogP contribution in [0.3, 0.4) is 0 Å². The molecule has 0 aliphatic carbocycles. The SMILES string of the molecule is C[n+]1noc([O-])c1C(=O)CSC(=S)N1CCCCC1. The summed E-state index contributed by atoms with van der Waals surface area (Å²) in [6, 6.07) is 0. The van der Waals surface area contributed by atoms with E-state index in [1.54, 1.807) is 0 Å². The first kappa shape index (κ1) is 14.3. The van der Waals surface area contributed by atoms with Crippen LogP contribution in [-0.2, 0) is 7.05 Å². The number of Topliss-reactive ketones (excluding diaryl/α,β-unsaturated/α-hetero) is 1. The average Bonchev–Trinajstić information content (AvgIpc) is 2.76. The molecule has 0 N–H and O–H groups in total. The number of piperidine rings is 1. The van der Waals surface area contributed by atoms with Crippen molar-refractivity contribution < 1.29 is 19.1 Å². The van der Waals surface area contributed by atoms with Crippen LogP contribution >= 0.6 is 24.0 Å². The van der Waals surface area contributed by atoms with E-state index >= 15 is 0 Å². The van der Waals surface area contributed by atoms with Crippen LogP contribution in [0.5, 0.6) is 5.95 Å². The van der Waals surface area contributed by atoms with Crippen LogP contribution < -0.4 is 9.79 Å². The summed E-state index contributed by atoms with van der Waals surface area (Å²) in [5.74, 6) is -0.866. The van der Waals surface area contributed by atoms with Crippen LogP contribution in [0.2, 0.25) is 0 Å². The van der Waals surface area contributed by atoms with E-state index in [-0.39, 0.29) is 17.2 Å². The number of thiocarbonyl (C=S) groups is 1. The highest BCUT2D eigenvalue weighted by Gasteiger charge is 2.24. The molecular formula is C11H15N3O3S2. The zero-order chi connectivity index (χ0) is 13.8. The Morgan fingerprint density at radius 2 is 2.21 bits per heavy atom. The highest BCUT2D eigenvalue weighted by atomic mass is 32.2. The average molecular weight is 301 g/mol. The minimum absolute atomic E-state index is 0.0334. The molecule has 0 unspecified atom stereocenters. The number of ketones is 1. The van der Waals surface area contributed by atoms with Gasteiger partial charge >= 0.3 is 0 Å². The molecule has 1 aromatic heterocycles. The van der Waals surface area contributed by atoms with Gasteiger partial charge in [-0.2, -0.15) is 0 Å². The van der Waals surface area contributed by atoms with Crippen molar-refractivity contribution in [2.45, 2.75) is 19.3 Å². The molecule has 1 saturated heterocycles. The maximum absolute atomic E-state index is 11.9. The zero-order valence-corrected chi connectivity index (χ0v) is 12.3. The fourth-order valence-electron chi connectivity index (χ4n) is 1.97. The predicted molar refractivity (Wildman–Crippen MR) is 71.9 cm³/mol. The maximum Gasteiger partial charge on any atom is 0.300 e. The molecule has 104 valence electrons. The van der Waals surface area contributed by atoms with E-state index in [0.717, 1.165) is 34.9 Å². The lowest BCUT2D eigenvalue weighted by Crippen LogP contribution is -2.38. The van der Waals surface area contributed by atoms with Crippen LogP contribution in [0.4, 0.5) is 0 Å². The van der Waals surface area contributed by atoms with E-state index in [1.165, 1.54) is 25.2 Å². The molecule has 1 aliphatic heterocycles. The van der Waals surface area contributed by atoms with Gasteiger partial charge in [0.1, 0.15) is 4.32 Å². The number of aryl methyl sites for hydroxylation is 1. The van der Waals surface area contributed by atoms with Crippen LogP contribution in [-0.4, -0.2) is 39.1 Å². The molecule has 0 spiro atoms. The lowest BCUT2D eigenvalue weighted by Gasteiger charge is -2.28. The highest BCUT2D eigenvalue weighted by Crippen LogP contribution is 2.18. The maximum atomic E-state index is 11.9. The standard InChI is InChI=1S/C11H15N3O3S2/c1-13-9(10(16)17-12-13)8(15)7-19-11(18)14-5-3-2-4-6-14/h2-7H2,1H3. The Labute approximate surface area is 120 Å². The number of carbonyl (C=O) groups excluding carboxylic acids is 1. The van der Waals surface area contributed by atoms with Crippen LogP contribution in [0.25, 0.3) is 0 Å². The van der Waals surface area contributed by atoms with Gasteiger partial charge in [0.2, 0.25) is 5.78 Å². The summed E-state index contributed by atoms with van der Waals surface area (Å²) in [6.07, 6.45) is 3.51. The van der Waals surface area contributed by atoms with E-state index in [1.807, 2.05) is 0 Å². The second-order valence-corrected chi connectivity index (χ2v) is 5.97. The molecule has 1 aromatic rings. The third kappa shape index (κ3) is 3.44. The third-order valence-corrected chi connectivity index (χ3v) is 4.49. The summed E-state index contributed by atoms with van der Waals surface area (Å²) in [5.41, 5.74) is -0.0334. The molecule has 1 aliphatic rings. The molecular weight excluding hydrogens is 286 g/mol. The summed E-state index contributed by atoms with van der Waals surface area (Å²) in [5, 5.41) is 14.7. The van der Waals surface area contributed by atoms with Crippen molar-refractivity contribution in [1.82, 2.24) is 10.2 Å². The zero-order valence-electron chi connectivity index (χ0n) is 10.6. The summed E-state index contributed by atoms with van der Waals surface area (Å²) >= 11 is 6.59. The number of carbonyl (C=O) groups is 1. The van der Waals surface area contributed by atoms with Crippen molar-refractivity contribution in [1.29, 1.82) is 0 Å². The van der Waals surface area contributed by atoms with Gasteiger partial charge in [-0.25, -0.2) is 0 Å². The van der Waals surface area contributed by atoms with Gasteiger partial charge < -0.3 is 14.5 Å². The first-order valence-electron chi connectivity index (χ1n) is 6.07. The Morgan fingerprint density at radius 1 is 1.53 bits per heavy atom. The molecule has 8 heteroatoms. The number of thioether (sulfide) groups is 1. The molecule has 0 bridgehead atoms. The van der Waals surface area contributed by atoms with Gasteiger partial charge in [0.05, 0.1) is 11.0 Å². The Morgan fingerprint density at radius 3 is 2.79 bits per heavy atom. The quantitative estimate of drug-likeness (QED) is 0.450. The number of hydrogen-bond donors (Lipinski definition) is 0. The molecule has 0 radical (unpaired) electrons. The molecule has 0 saturated carbocycles. The van der Waals surface area contributed by atoms with Crippen molar-refractivity contribution in [3.63, 3.8) is 0 Å². The monoisotopic (exact) mass is 301 g/mol. The van der Waals surface area contributed by atoms with Gasteiger partial charge in [-0.3, -0.25) is 4.79 Å². The number of nitrogens with zero attached hydrogens (tertiary/aromatic N) is 3. The Kier molecular flexibility index (Phi) is 4.76. The predicted octanol–water partition coefficient (Wildman–Crippen LogP) is 0.259. The lowest BCUT2D eigenvalue weighted by molar-refractivity contribution is -0.741. The first-order valence-corrected chi connectivity index (χ1v) is 7.47. The molecule has 1 fully saturated rings. The normalized spacial score (nSPS) is 15.5. The summed E-state index contributed by atoms with van der Waals surface area (Å²) < 4.78 is 6.31. The fourth-order valence-corrected chi connectivity index (χ4v) is 3.09. The molecule has 0 atom stereocenters. The third-order valence-electron chi connectivity index (χ3n) is 2.97.